The van der Waals surface area contributed by atoms with Crippen LogP contribution in [0.1, 0.15) is 64.7 Å². The lowest BCUT2D eigenvalue weighted by Gasteiger charge is -2.23. The van der Waals surface area contributed by atoms with E-state index in [4.69, 9.17) is 0 Å². The number of Topliss-reactive ketones (excluding diaryl/α,β-unsaturated/α-hetero) is 1. The minimum Gasteiger partial charge on any atom is -0.331 e. The molecule has 0 aromatic heterocycles. The zero-order valence-corrected chi connectivity index (χ0v) is 13.6. The van der Waals surface area contributed by atoms with Crippen molar-refractivity contribution in [1.82, 2.24) is 0 Å². The first-order valence-corrected chi connectivity index (χ1v) is 7.82. The zero-order valence-electron chi connectivity index (χ0n) is 13.6. The van der Waals surface area contributed by atoms with Gasteiger partial charge in [0.1, 0.15) is 0 Å². The largest absolute Gasteiger partial charge is 0.331 e. The van der Waals surface area contributed by atoms with Crippen molar-refractivity contribution in [2.45, 2.75) is 64.7 Å². The summed E-state index contributed by atoms with van der Waals surface area (Å²) in [7, 11) is 6.77. The maximum atomic E-state index is 11.3. The first kappa shape index (κ1) is 18.4. The van der Waals surface area contributed by atoms with Gasteiger partial charge in [0.2, 0.25) is 0 Å². The molecule has 0 unspecified atom stereocenters. The van der Waals surface area contributed by atoms with E-state index in [-0.39, 0.29) is 5.78 Å². The van der Waals surface area contributed by atoms with E-state index in [9.17, 15) is 4.79 Å². The Morgan fingerprint density at radius 3 is 1.68 bits per heavy atom. The Kier molecular flexibility index (Phi) is 9.85. The van der Waals surface area contributed by atoms with Gasteiger partial charge in [0, 0.05) is 6.42 Å². The highest BCUT2D eigenvalue weighted by molar-refractivity contribution is 5.93. The SMILES string of the molecule is C=C(C)C(=O)CCCCCCCCCC[N+](C)(C)C. The summed E-state index contributed by atoms with van der Waals surface area (Å²) in [4.78, 5) is 11.3. The van der Waals surface area contributed by atoms with Crippen molar-refractivity contribution in [3.8, 4) is 0 Å². The van der Waals surface area contributed by atoms with Crippen LogP contribution in [0.4, 0.5) is 0 Å². The predicted molar refractivity (Wildman–Crippen MR) is 84.3 cm³/mol. The van der Waals surface area contributed by atoms with Crippen LogP contribution in [-0.2, 0) is 4.79 Å². The van der Waals surface area contributed by atoms with E-state index in [1.807, 2.05) is 0 Å². The summed E-state index contributed by atoms with van der Waals surface area (Å²) < 4.78 is 1.08. The molecule has 2 heteroatoms. The van der Waals surface area contributed by atoms with Gasteiger partial charge in [-0.3, -0.25) is 4.79 Å². The molecule has 0 saturated heterocycles. The molecule has 0 aromatic rings. The number of unbranched alkanes of at least 4 members (excludes halogenated alkanes) is 7. The second-order valence-electron chi connectivity index (χ2n) is 6.80. The maximum absolute atomic E-state index is 11.3. The van der Waals surface area contributed by atoms with Crippen LogP contribution in [0, 0.1) is 0 Å². The minimum absolute atomic E-state index is 0.236. The van der Waals surface area contributed by atoms with Crippen molar-refractivity contribution in [2.24, 2.45) is 0 Å². The topological polar surface area (TPSA) is 17.1 Å². The average molecular weight is 268 g/mol. The fourth-order valence-corrected chi connectivity index (χ4v) is 2.15. The van der Waals surface area contributed by atoms with Crippen molar-refractivity contribution in [1.29, 1.82) is 0 Å². The van der Waals surface area contributed by atoms with E-state index >= 15 is 0 Å². The quantitative estimate of drug-likeness (QED) is 0.292. The molecule has 0 spiro atoms. The molecule has 0 N–H and O–H groups in total. The van der Waals surface area contributed by atoms with Crippen molar-refractivity contribution in [3.05, 3.63) is 12.2 Å². The Morgan fingerprint density at radius 1 is 0.842 bits per heavy atom. The molecule has 19 heavy (non-hydrogen) atoms. The number of allylic oxidation sites excluding steroid dienone is 1. The number of hydrogen-bond acceptors (Lipinski definition) is 1. The number of carbonyl (C=O) groups is 1. The standard InChI is InChI=1S/C17H34NO/c1-16(2)17(19)14-12-10-8-6-7-9-11-13-15-18(3,4)5/h1,6-15H2,2-5H3/q+1. The van der Waals surface area contributed by atoms with Gasteiger partial charge in [0.25, 0.3) is 0 Å². The van der Waals surface area contributed by atoms with E-state index in [1.165, 1.54) is 51.5 Å². The van der Waals surface area contributed by atoms with Gasteiger partial charge >= 0.3 is 0 Å². The summed E-state index contributed by atoms with van der Waals surface area (Å²) in [6, 6.07) is 0. The van der Waals surface area contributed by atoms with Gasteiger partial charge in [-0.15, -0.1) is 0 Å². The second-order valence-corrected chi connectivity index (χ2v) is 6.80. The maximum Gasteiger partial charge on any atom is 0.157 e. The number of ketones is 1. The molecular formula is C17H34NO+. The molecule has 2 nitrogen and oxygen atoms in total. The molecule has 0 aromatic carbocycles. The highest BCUT2D eigenvalue weighted by Crippen LogP contribution is 2.11. The fourth-order valence-electron chi connectivity index (χ4n) is 2.15. The van der Waals surface area contributed by atoms with Crippen LogP contribution in [0.25, 0.3) is 0 Å². The van der Waals surface area contributed by atoms with Crippen LogP contribution in [0.5, 0.6) is 0 Å². The fraction of sp³-hybridized carbons (Fsp3) is 0.824. The molecule has 0 aliphatic rings. The van der Waals surface area contributed by atoms with E-state index in [2.05, 4.69) is 27.7 Å². The number of carbonyl (C=O) groups excluding carboxylic acids is 1. The number of rotatable bonds is 12. The first-order chi connectivity index (χ1) is 8.83. The summed E-state index contributed by atoms with van der Waals surface area (Å²) in [5.74, 6) is 0.236. The third-order valence-corrected chi connectivity index (χ3v) is 3.46. The molecule has 0 atom stereocenters. The van der Waals surface area contributed by atoms with Crippen LogP contribution in [-0.4, -0.2) is 38.0 Å². The van der Waals surface area contributed by atoms with Crippen molar-refractivity contribution >= 4 is 5.78 Å². The molecule has 0 amide bonds. The van der Waals surface area contributed by atoms with Gasteiger partial charge in [-0.05, 0) is 31.8 Å². The van der Waals surface area contributed by atoms with Gasteiger partial charge in [-0.2, -0.15) is 0 Å². The molecule has 0 rings (SSSR count). The molecule has 0 heterocycles. The molecule has 0 radical (unpaired) electrons. The zero-order chi connectivity index (χ0) is 14.7. The lowest BCUT2D eigenvalue weighted by atomic mass is 10.0. The summed E-state index contributed by atoms with van der Waals surface area (Å²) >= 11 is 0. The Hall–Kier alpha value is -0.630. The number of quaternary nitrogens is 1. The molecule has 0 aliphatic heterocycles. The molecule has 112 valence electrons. The summed E-state index contributed by atoms with van der Waals surface area (Å²) in [6.07, 6.45) is 10.9. The molecule has 0 aliphatic carbocycles. The Morgan fingerprint density at radius 2 is 1.26 bits per heavy atom. The van der Waals surface area contributed by atoms with Crippen LogP contribution < -0.4 is 0 Å². The smallest absolute Gasteiger partial charge is 0.157 e. The molecule has 0 saturated carbocycles. The van der Waals surface area contributed by atoms with Gasteiger partial charge in [-0.1, -0.05) is 38.7 Å². The van der Waals surface area contributed by atoms with Gasteiger partial charge in [-0.25, -0.2) is 0 Å². The third-order valence-electron chi connectivity index (χ3n) is 3.46. The molecular weight excluding hydrogens is 234 g/mol. The Balaban J connectivity index is 3.20. The monoisotopic (exact) mass is 268 g/mol. The van der Waals surface area contributed by atoms with E-state index in [1.54, 1.807) is 6.92 Å². The Bertz CT molecular complexity index is 263. The number of nitrogens with zero attached hydrogens (tertiary/aromatic N) is 1. The molecule has 0 bridgehead atoms. The van der Waals surface area contributed by atoms with Crippen LogP contribution >= 0.6 is 0 Å². The van der Waals surface area contributed by atoms with Crippen molar-refractivity contribution in [3.63, 3.8) is 0 Å². The summed E-state index contributed by atoms with van der Waals surface area (Å²) in [5, 5.41) is 0. The Labute approximate surface area is 120 Å². The first-order valence-electron chi connectivity index (χ1n) is 7.82. The molecule has 0 fully saturated rings. The predicted octanol–water partition coefficient (Wildman–Crippen LogP) is 4.35. The highest BCUT2D eigenvalue weighted by atomic mass is 16.1. The normalized spacial score (nSPS) is 11.6. The van der Waals surface area contributed by atoms with Crippen LogP contribution in [0.15, 0.2) is 12.2 Å². The van der Waals surface area contributed by atoms with E-state index < -0.39 is 0 Å². The summed E-state index contributed by atoms with van der Waals surface area (Å²) in [6.45, 7) is 6.76. The highest BCUT2D eigenvalue weighted by Gasteiger charge is 2.05. The van der Waals surface area contributed by atoms with Crippen molar-refractivity contribution < 1.29 is 9.28 Å². The van der Waals surface area contributed by atoms with E-state index in [0.29, 0.717) is 12.0 Å². The van der Waals surface area contributed by atoms with Crippen molar-refractivity contribution in [2.75, 3.05) is 27.7 Å². The lowest BCUT2D eigenvalue weighted by Crippen LogP contribution is -2.35. The average Bonchev–Trinajstić information content (AvgIpc) is 2.29. The number of hydrogen-bond donors (Lipinski definition) is 0. The minimum atomic E-state index is 0.236. The third kappa shape index (κ3) is 13.6. The van der Waals surface area contributed by atoms with Gasteiger partial charge in [0.05, 0.1) is 27.7 Å². The lowest BCUT2D eigenvalue weighted by molar-refractivity contribution is -0.870. The van der Waals surface area contributed by atoms with Crippen LogP contribution in [0.3, 0.4) is 0 Å². The summed E-state index contributed by atoms with van der Waals surface area (Å²) in [5.41, 5.74) is 0.706. The van der Waals surface area contributed by atoms with Gasteiger partial charge in [0.15, 0.2) is 5.78 Å². The van der Waals surface area contributed by atoms with Gasteiger partial charge < -0.3 is 4.48 Å². The van der Waals surface area contributed by atoms with Crippen LogP contribution in [0.2, 0.25) is 0 Å². The van der Waals surface area contributed by atoms with E-state index in [0.717, 1.165) is 10.9 Å². The second kappa shape index (κ2) is 10.2.